The molecule has 1 fully saturated rings. The van der Waals surface area contributed by atoms with Gasteiger partial charge >= 0.3 is 0 Å². The molecule has 0 N–H and O–H groups in total. The van der Waals surface area contributed by atoms with Gasteiger partial charge in [-0.1, -0.05) is 5.16 Å². The Morgan fingerprint density at radius 1 is 1.26 bits per heavy atom. The fourth-order valence-electron chi connectivity index (χ4n) is 2.73. The van der Waals surface area contributed by atoms with Crippen LogP contribution >= 0.6 is 0 Å². The third-order valence-electron chi connectivity index (χ3n) is 3.94. The largest absolute Gasteiger partial charge is 0.459 e. The van der Waals surface area contributed by atoms with Crippen molar-refractivity contribution in [3.8, 4) is 11.7 Å². The SMILES string of the molecule is O=C(c1ccncc1)N1CC[C@@H](c2noc(-c3ccco3)n2)C1. The molecule has 0 aliphatic carbocycles. The highest BCUT2D eigenvalue weighted by molar-refractivity contribution is 5.94. The van der Waals surface area contributed by atoms with Crippen molar-refractivity contribution in [2.45, 2.75) is 12.3 Å². The summed E-state index contributed by atoms with van der Waals surface area (Å²) in [5.74, 6) is 1.61. The number of nitrogens with zero attached hydrogens (tertiary/aromatic N) is 4. The Morgan fingerprint density at radius 3 is 2.91 bits per heavy atom. The van der Waals surface area contributed by atoms with Crippen LogP contribution in [0.25, 0.3) is 11.7 Å². The number of hydrogen-bond acceptors (Lipinski definition) is 6. The summed E-state index contributed by atoms with van der Waals surface area (Å²) < 4.78 is 10.5. The summed E-state index contributed by atoms with van der Waals surface area (Å²) in [4.78, 5) is 22.6. The van der Waals surface area contributed by atoms with Crippen LogP contribution in [0.2, 0.25) is 0 Å². The van der Waals surface area contributed by atoms with Crippen molar-refractivity contribution >= 4 is 5.91 Å². The van der Waals surface area contributed by atoms with E-state index in [1.807, 2.05) is 4.90 Å². The Balaban J connectivity index is 1.47. The maximum absolute atomic E-state index is 12.4. The summed E-state index contributed by atoms with van der Waals surface area (Å²) in [7, 11) is 0. The Labute approximate surface area is 131 Å². The van der Waals surface area contributed by atoms with Crippen molar-refractivity contribution < 1.29 is 13.7 Å². The third kappa shape index (κ3) is 2.61. The molecule has 7 nitrogen and oxygen atoms in total. The van der Waals surface area contributed by atoms with Crippen molar-refractivity contribution in [3.63, 3.8) is 0 Å². The van der Waals surface area contributed by atoms with Crippen molar-refractivity contribution in [2.75, 3.05) is 13.1 Å². The molecule has 4 heterocycles. The molecule has 116 valence electrons. The monoisotopic (exact) mass is 310 g/mol. The van der Waals surface area contributed by atoms with Crippen LogP contribution in [0.5, 0.6) is 0 Å². The lowest BCUT2D eigenvalue weighted by atomic mass is 10.1. The van der Waals surface area contributed by atoms with Crippen LogP contribution in [-0.2, 0) is 0 Å². The average molecular weight is 310 g/mol. The van der Waals surface area contributed by atoms with Crippen LogP contribution in [0.1, 0.15) is 28.5 Å². The van der Waals surface area contributed by atoms with Crippen LogP contribution in [0.15, 0.2) is 51.9 Å². The Kier molecular flexibility index (Phi) is 3.38. The van der Waals surface area contributed by atoms with Gasteiger partial charge in [0.1, 0.15) is 0 Å². The first kappa shape index (κ1) is 13.7. The van der Waals surface area contributed by atoms with Crippen LogP contribution in [0.3, 0.4) is 0 Å². The Hall–Kier alpha value is -2.96. The molecule has 1 aliphatic heterocycles. The lowest BCUT2D eigenvalue weighted by Crippen LogP contribution is -2.28. The van der Waals surface area contributed by atoms with Crippen molar-refractivity contribution in [3.05, 3.63) is 54.3 Å². The van der Waals surface area contributed by atoms with Crippen molar-refractivity contribution in [1.29, 1.82) is 0 Å². The van der Waals surface area contributed by atoms with Crippen LogP contribution in [0.4, 0.5) is 0 Å². The van der Waals surface area contributed by atoms with Gasteiger partial charge in [-0.25, -0.2) is 0 Å². The first-order chi connectivity index (χ1) is 11.3. The van der Waals surface area contributed by atoms with Crippen LogP contribution < -0.4 is 0 Å². The predicted molar refractivity (Wildman–Crippen MR) is 79.5 cm³/mol. The van der Waals surface area contributed by atoms with Gasteiger partial charge in [-0.3, -0.25) is 9.78 Å². The van der Waals surface area contributed by atoms with E-state index in [1.54, 1.807) is 42.9 Å². The average Bonchev–Trinajstić information content (AvgIpc) is 3.34. The zero-order valence-electron chi connectivity index (χ0n) is 12.3. The highest BCUT2D eigenvalue weighted by Gasteiger charge is 2.31. The Bertz CT molecular complexity index is 798. The number of rotatable bonds is 3. The molecule has 1 aliphatic rings. The zero-order valence-corrected chi connectivity index (χ0v) is 12.3. The van der Waals surface area contributed by atoms with Gasteiger partial charge in [-0.15, -0.1) is 0 Å². The number of furan rings is 1. The molecule has 3 aromatic heterocycles. The van der Waals surface area contributed by atoms with Crippen LogP contribution in [0, 0.1) is 0 Å². The van der Waals surface area contributed by atoms with E-state index in [-0.39, 0.29) is 11.8 Å². The van der Waals surface area contributed by atoms with Gasteiger partial charge in [0.05, 0.1) is 6.26 Å². The number of amides is 1. The lowest BCUT2D eigenvalue weighted by Gasteiger charge is -2.15. The highest BCUT2D eigenvalue weighted by atomic mass is 16.5. The quantitative estimate of drug-likeness (QED) is 0.738. The fourth-order valence-corrected chi connectivity index (χ4v) is 2.73. The number of hydrogen-bond donors (Lipinski definition) is 0. The summed E-state index contributed by atoms with van der Waals surface area (Å²) >= 11 is 0. The second-order valence-electron chi connectivity index (χ2n) is 5.41. The molecule has 0 spiro atoms. The van der Waals surface area contributed by atoms with Gasteiger partial charge in [-0.05, 0) is 30.7 Å². The summed E-state index contributed by atoms with van der Waals surface area (Å²) in [5, 5.41) is 4.03. The second kappa shape index (κ2) is 5.68. The molecule has 0 bridgehead atoms. The third-order valence-corrected chi connectivity index (χ3v) is 3.94. The number of pyridine rings is 1. The van der Waals surface area contributed by atoms with E-state index in [1.165, 1.54) is 0 Å². The van der Waals surface area contributed by atoms with E-state index >= 15 is 0 Å². The smallest absolute Gasteiger partial charge is 0.293 e. The molecular weight excluding hydrogens is 296 g/mol. The minimum absolute atomic E-state index is 0.00431. The molecule has 0 aromatic carbocycles. The molecule has 4 rings (SSSR count). The predicted octanol–water partition coefficient (Wildman–Crippen LogP) is 2.35. The molecule has 1 atom stereocenters. The molecule has 3 aromatic rings. The molecule has 0 radical (unpaired) electrons. The number of aromatic nitrogens is 3. The van der Waals surface area contributed by atoms with Gasteiger partial charge in [0.2, 0.25) is 0 Å². The van der Waals surface area contributed by atoms with Gasteiger partial charge in [0.25, 0.3) is 11.8 Å². The van der Waals surface area contributed by atoms with E-state index in [4.69, 9.17) is 8.94 Å². The maximum atomic E-state index is 12.4. The lowest BCUT2D eigenvalue weighted by molar-refractivity contribution is 0.0790. The van der Waals surface area contributed by atoms with E-state index in [9.17, 15) is 4.79 Å². The van der Waals surface area contributed by atoms with Crippen molar-refractivity contribution in [1.82, 2.24) is 20.0 Å². The fraction of sp³-hybridized carbons (Fsp3) is 0.250. The molecule has 0 unspecified atom stereocenters. The van der Waals surface area contributed by atoms with E-state index in [0.29, 0.717) is 36.1 Å². The number of carbonyl (C=O) groups excluding carboxylic acids is 1. The summed E-state index contributed by atoms with van der Waals surface area (Å²) in [5.41, 5.74) is 0.644. The molecular formula is C16H14N4O3. The van der Waals surface area contributed by atoms with E-state index in [2.05, 4.69) is 15.1 Å². The van der Waals surface area contributed by atoms with Gasteiger partial charge in [-0.2, -0.15) is 4.98 Å². The second-order valence-corrected chi connectivity index (χ2v) is 5.41. The van der Waals surface area contributed by atoms with Crippen molar-refractivity contribution in [2.24, 2.45) is 0 Å². The summed E-state index contributed by atoms with van der Waals surface area (Å²) in [6, 6.07) is 6.98. The van der Waals surface area contributed by atoms with E-state index < -0.39 is 0 Å². The molecule has 1 saturated heterocycles. The summed E-state index contributed by atoms with van der Waals surface area (Å²) in [6.07, 6.45) is 5.61. The van der Waals surface area contributed by atoms with E-state index in [0.717, 1.165) is 6.42 Å². The maximum Gasteiger partial charge on any atom is 0.293 e. The minimum atomic E-state index is 0.00431. The molecule has 1 amide bonds. The normalized spacial score (nSPS) is 17.6. The van der Waals surface area contributed by atoms with Gasteiger partial charge in [0, 0.05) is 37.0 Å². The number of likely N-dealkylation sites (tertiary alicyclic amines) is 1. The molecule has 0 saturated carbocycles. The summed E-state index contributed by atoms with van der Waals surface area (Å²) in [6.45, 7) is 1.26. The molecule has 7 heteroatoms. The van der Waals surface area contributed by atoms with Gasteiger partial charge in [0.15, 0.2) is 11.6 Å². The van der Waals surface area contributed by atoms with Gasteiger partial charge < -0.3 is 13.8 Å². The first-order valence-corrected chi connectivity index (χ1v) is 7.38. The minimum Gasteiger partial charge on any atom is -0.459 e. The highest BCUT2D eigenvalue weighted by Crippen LogP contribution is 2.28. The molecule has 23 heavy (non-hydrogen) atoms. The standard InChI is InChI=1S/C16H14N4O3/c21-16(11-3-6-17-7-4-11)20-8-5-12(10-20)14-18-15(23-19-14)13-2-1-9-22-13/h1-4,6-7,9,12H,5,8,10H2/t12-/m1/s1. The number of carbonyl (C=O) groups is 1. The van der Waals surface area contributed by atoms with Crippen LogP contribution in [-0.4, -0.2) is 39.0 Å². The zero-order chi connectivity index (χ0) is 15.6. The topological polar surface area (TPSA) is 85.3 Å². The first-order valence-electron chi connectivity index (χ1n) is 7.38. The Morgan fingerprint density at radius 2 is 2.13 bits per heavy atom.